The summed E-state index contributed by atoms with van der Waals surface area (Å²) >= 11 is 1.36. The van der Waals surface area contributed by atoms with Crippen molar-refractivity contribution < 1.29 is 9.63 Å². The molecule has 5 N–H and O–H groups in total. The average molecular weight is 359 g/mol. The summed E-state index contributed by atoms with van der Waals surface area (Å²) in [6.07, 6.45) is 4.63. The Hall–Kier alpha value is -3.18. The Labute approximate surface area is 151 Å². The zero-order chi connectivity index (χ0) is 19.1. The van der Waals surface area contributed by atoms with Crippen LogP contribution in [0.1, 0.15) is 6.92 Å². The van der Waals surface area contributed by atoms with Crippen LogP contribution >= 0.6 is 11.8 Å². The predicted octanol–water partition coefficient (Wildman–Crippen LogP) is 2.68. The molecule has 0 heterocycles. The second kappa shape index (κ2) is 13.3. The van der Waals surface area contributed by atoms with Crippen LogP contribution in [0.15, 0.2) is 70.2 Å². The molecule has 0 saturated carbocycles. The molecule has 0 aliphatic heterocycles. The van der Waals surface area contributed by atoms with Crippen LogP contribution in [-0.4, -0.2) is 18.9 Å². The first-order chi connectivity index (χ1) is 12.0. The van der Waals surface area contributed by atoms with Crippen LogP contribution in [0.5, 0.6) is 0 Å². The van der Waals surface area contributed by atoms with E-state index in [1.807, 2.05) is 42.7 Å². The van der Waals surface area contributed by atoms with Crippen molar-refractivity contribution in [3.8, 4) is 6.07 Å². The van der Waals surface area contributed by atoms with Crippen molar-refractivity contribution in [2.45, 2.75) is 6.92 Å². The number of hydrogen-bond acceptors (Lipinski definition) is 7. The zero-order valence-corrected chi connectivity index (χ0v) is 14.9. The third kappa shape index (κ3) is 9.53. The molecule has 0 atom stereocenters. The SMILES string of the molecule is C=C(C)O/N=C/N.CS/C(Nc1ccccc1)=C(C#N)\C(N)=C\C=O. The molecule has 0 bridgehead atoms. The number of para-hydroxylation sites is 1. The Morgan fingerprint density at radius 3 is 2.48 bits per heavy atom. The predicted molar refractivity (Wildman–Crippen MR) is 103 cm³/mol. The Balaban J connectivity index is 0.000000697. The van der Waals surface area contributed by atoms with Gasteiger partial charge in [0.25, 0.3) is 0 Å². The number of rotatable bonds is 7. The molecule has 0 aromatic heterocycles. The number of nitrogens with one attached hydrogen (secondary N) is 1. The molecule has 0 unspecified atom stereocenters. The first kappa shape index (κ1) is 21.8. The van der Waals surface area contributed by atoms with Gasteiger partial charge in [0.05, 0.1) is 10.7 Å². The van der Waals surface area contributed by atoms with Gasteiger partial charge in [-0.2, -0.15) is 5.26 Å². The van der Waals surface area contributed by atoms with Gasteiger partial charge in [-0.05, 0) is 25.3 Å². The Morgan fingerprint density at radius 2 is 2.08 bits per heavy atom. The molecule has 0 spiro atoms. The number of carbonyl (C=O) groups excluding carboxylic acids is 1. The molecule has 1 rings (SSSR count). The number of nitrogens with zero attached hydrogens (tertiary/aromatic N) is 2. The Morgan fingerprint density at radius 1 is 1.44 bits per heavy atom. The lowest BCUT2D eigenvalue weighted by Gasteiger charge is -2.11. The summed E-state index contributed by atoms with van der Waals surface area (Å²) in [5, 5.41) is 16.0. The van der Waals surface area contributed by atoms with Gasteiger partial charge < -0.3 is 21.6 Å². The molecule has 0 aliphatic rings. The minimum absolute atomic E-state index is 0.153. The fraction of sp³-hybridized carbons (Fsp3) is 0.118. The van der Waals surface area contributed by atoms with Gasteiger partial charge in [-0.1, -0.05) is 29.9 Å². The number of carbonyl (C=O) groups is 1. The summed E-state index contributed by atoms with van der Waals surface area (Å²) < 4.78 is 0. The fourth-order valence-electron chi connectivity index (χ4n) is 1.39. The van der Waals surface area contributed by atoms with Crippen molar-refractivity contribution in [2.75, 3.05) is 11.6 Å². The van der Waals surface area contributed by atoms with Crippen molar-refractivity contribution in [3.63, 3.8) is 0 Å². The molecule has 1 aromatic rings. The minimum Gasteiger partial charge on any atom is -0.397 e. The highest BCUT2D eigenvalue weighted by atomic mass is 32.2. The van der Waals surface area contributed by atoms with Crippen LogP contribution < -0.4 is 16.8 Å². The summed E-state index contributed by atoms with van der Waals surface area (Å²) in [7, 11) is 0. The number of aldehydes is 1. The second-order valence-electron chi connectivity index (χ2n) is 4.32. The zero-order valence-electron chi connectivity index (χ0n) is 14.1. The number of anilines is 1. The van der Waals surface area contributed by atoms with Gasteiger partial charge in [0, 0.05) is 11.8 Å². The number of thioether (sulfide) groups is 1. The van der Waals surface area contributed by atoms with E-state index in [2.05, 4.69) is 21.9 Å². The minimum atomic E-state index is 0.153. The quantitative estimate of drug-likeness (QED) is 0.0998. The lowest BCUT2D eigenvalue weighted by atomic mass is 10.2. The standard InChI is InChI=1S/C13H13N3OS.C4H8N2O/c1-18-13(11(9-14)12(15)7-8-17)16-10-5-3-2-4-6-10;1-4(2)7-6-3-5/h2-8,16H,15H2,1H3;3H,1H2,2H3,(H2,5,6)/b12-7-,13-11-;. The molecule has 0 radical (unpaired) electrons. The highest BCUT2D eigenvalue weighted by Crippen LogP contribution is 2.22. The van der Waals surface area contributed by atoms with Crippen LogP contribution in [0.4, 0.5) is 5.69 Å². The number of nitriles is 1. The van der Waals surface area contributed by atoms with E-state index < -0.39 is 0 Å². The molecule has 0 aliphatic carbocycles. The van der Waals surface area contributed by atoms with Crippen molar-refractivity contribution in [1.82, 2.24) is 0 Å². The first-order valence-corrected chi connectivity index (χ1v) is 8.20. The van der Waals surface area contributed by atoms with Gasteiger partial charge in [0.1, 0.15) is 30.0 Å². The van der Waals surface area contributed by atoms with Crippen LogP contribution in [0.3, 0.4) is 0 Å². The van der Waals surface area contributed by atoms with Gasteiger partial charge in [-0.25, -0.2) is 0 Å². The van der Waals surface area contributed by atoms with Crippen molar-refractivity contribution in [1.29, 1.82) is 5.26 Å². The van der Waals surface area contributed by atoms with E-state index in [-0.39, 0.29) is 11.3 Å². The molecule has 8 heteroatoms. The number of nitrogens with two attached hydrogens (primary N) is 2. The Bertz CT molecular complexity index is 691. The molecule has 25 heavy (non-hydrogen) atoms. The van der Waals surface area contributed by atoms with Crippen LogP contribution in [-0.2, 0) is 9.63 Å². The topological polar surface area (TPSA) is 127 Å². The summed E-state index contributed by atoms with van der Waals surface area (Å²) in [5.74, 6) is 0.529. The number of hydrogen-bond donors (Lipinski definition) is 3. The average Bonchev–Trinajstić information content (AvgIpc) is 2.61. The first-order valence-electron chi connectivity index (χ1n) is 6.97. The van der Waals surface area contributed by atoms with Crippen LogP contribution in [0, 0.1) is 11.3 Å². The smallest absolute Gasteiger partial charge is 0.144 e. The lowest BCUT2D eigenvalue weighted by Crippen LogP contribution is -2.07. The summed E-state index contributed by atoms with van der Waals surface area (Å²) in [6, 6.07) is 11.4. The Kier molecular flexibility index (Phi) is 11.6. The van der Waals surface area contributed by atoms with E-state index in [4.69, 9.17) is 16.7 Å². The van der Waals surface area contributed by atoms with Crippen molar-refractivity contribution in [2.24, 2.45) is 16.6 Å². The third-order valence-corrected chi connectivity index (χ3v) is 3.09. The monoisotopic (exact) mass is 359 g/mol. The van der Waals surface area contributed by atoms with Gasteiger partial charge in [-0.3, -0.25) is 4.79 Å². The molecule has 0 saturated heterocycles. The number of oxime groups is 1. The highest BCUT2D eigenvalue weighted by molar-refractivity contribution is 8.02. The van der Waals surface area contributed by atoms with E-state index >= 15 is 0 Å². The van der Waals surface area contributed by atoms with E-state index in [1.54, 1.807) is 6.92 Å². The van der Waals surface area contributed by atoms with E-state index in [9.17, 15) is 4.79 Å². The normalized spacial score (nSPS) is 11.5. The van der Waals surface area contributed by atoms with E-state index in [0.29, 0.717) is 17.1 Å². The maximum atomic E-state index is 10.4. The highest BCUT2D eigenvalue weighted by Gasteiger charge is 2.08. The number of allylic oxidation sites excluding steroid dienone is 3. The van der Waals surface area contributed by atoms with E-state index in [1.165, 1.54) is 17.8 Å². The lowest BCUT2D eigenvalue weighted by molar-refractivity contribution is -0.104. The molecular weight excluding hydrogens is 338 g/mol. The fourth-order valence-corrected chi connectivity index (χ4v) is 1.98. The molecule has 0 amide bonds. The van der Waals surface area contributed by atoms with Gasteiger partial charge in [0.2, 0.25) is 0 Å². The molecular formula is C17H21N5O2S. The van der Waals surface area contributed by atoms with Gasteiger partial charge in [-0.15, -0.1) is 11.8 Å². The second-order valence-corrected chi connectivity index (χ2v) is 5.13. The van der Waals surface area contributed by atoms with Crippen molar-refractivity contribution in [3.05, 3.63) is 65.0 Å². The van der Waals surface area contributed by atoms with Gasteiger partial charge >= 0.3 is 0 Å². The molecule has 132 valence electrons. The van der Waals surface area contributed by atoms with Crippen LogP contribution in [0.2, 0.25) is 0 Å². The molecule has 7 nitrogen and oxygen atoms in total. The summed E-state index contributed by atoms with van der Waals surface area (Å²) in [6.45, 7) is 5.09. The largest absolute Gasteiger partial charge is 0.397 e. The van der Waals surface area contributed by atoms with E-state index in [0.717, 1.165) is 12.0 Å². The van der Waals surface area contributed by atoms with Crippen LogP contribution in [0.25, 0.3) is 0 Å². The molecule has 1 aromatic carbocycles. The maximum absolute atomic E-state index is 10.4. The van der Waals surface area contributed by atoms with Gasteiger partial charge in [0.15, 0.2) is 0 Å². The summed E-state index contributed by atoms with van der Waals surface area (Å²) in [5.41, 5.74) is 11.8. The summed E-state index contributed by atoms with van der Waals surface area (Å²) in [4.78, 5) is 14.8. The third-order valence-electron chi connectivity index (χ3n) is 2.38. The maximum Gasteiger partial charge on any atom is 0.144 e. The van der Waals surface area contributed by atoms with Crippen molar-refractivity contribution >= 4 is 30.1 Å². The number of benzene rings is 1. The molecule has 0 fully saturated rings.